The van der Waals surface area contributed by atoms with Crippen LogP contribution in [0.3, 0.4) is 0 Å². The lowest BCUT2D eigenvalue weighted by atomic mass is 10.0. The molecule has 21 heavy (non-hydrogen) atoms. The summed E-state index contributed by atoms with van der Waals surface area (Å²) in [5.41, 5.74) is 1.30. The van der Waals surface area contributed by atoms with Crippen molar-refractivity contribution < 1.29 is 0 Å². The van der Waals surface area contributed by atoms with E-state index in [0.29, 0.717) is 17.9 Å². The maximum absolute atomic E-state index is 5.01. The van der Waals surface area contributed by atoms with Gasteiger partial charge >= 0.3 is 0 Å². The predicted molar refractivity (Wildman–Crippen MR) is 95.5 cm³/mol. The zero-order chi connectivity index (χ0) is 16.0. The Labute approximate surface area is 135 Å². The van der Waals surface area contributed by atoms with Gasteiger partial charge in [-0.05, 0) is 38.6 Å². The number of nitrogens with one attached hydrogen (secondary N) is 1. The average Bonchev–Trinajstić information content (AvgIpc) is 2.84. The summed E-state index contributed by atoms with van der Waals surface area (Å²) in [6.45, 7) is 18.8. The molecule has 0 aromatic carbocycles. The van der Waals surface area contributed by atoms with E-state index in [9.17, 15) is 0 Å². The topological polar surface area (TPSA) is 28.2 Å². The molecule has 0 bridgehead atoms. The molecule has 4 heteroatoms. The average molecular weight is 312 g/mol. The number of thiazole rings is 1. The minimum atomic E-state index is 0.496. The van der Waals surface area contributed by atoms with E-state index in [2.05, 4.69) is 58.7 Å². The van der Waals surface area contributed by atoms with E-state index in [4.69, 9.17) is 4.98 Å². The van der Waals surface area contributed by atoms with Crippen LogP contribution in [0.4, 0.5) is 5.13 Å². The van der Waals surface area contributed by atoms with E-state index in [-0.39, 0.29) is 0 Å². The summed E-state index contributed by atoms with van der Waals surface area (Å²) in [4.78, 5) is 8.88. The van der Waals surface area contributed by atoms with Gasteiger partial charge in [-0.1, -0.05) is 34.6 Å². The van der Waals surface area contributed by atoms with Crippen molar-refractivity contribution in [3.05, 3.63) is 10.6 Å². The van der Waals surface area contributed by atoms with Crippen molar-refractivity contribution in [2.45, 2.75) is 73.4 Å². The molecule has 1 atom stereocenters. The van der Waals surface area contributed by atoms with Crippen LogP contribution in [0.5, 0.6) is 0 Å². The Morgan fingerprint density at radius 1 is 1.14 bits per heavy atom. The van der Waals surface area contributed by atoms with Crippen LogP contribution in [0.25, 0.3) is 0 Å². The number of aromatic nitrogens is 1. The van der Waals surface area contributed by atoms with Crippen LogP contribution in [-0.4, -0.2) is 24.1 Å². The first-order valence-electron chi connectivity index (χ1n) is 8.37. The third-order valence-electron chi connectivity index (χ3n) is 3.76. The maximum Gasteiger partial charge on any atom is 0.186 e. The molecule has 1 rings (SSSR count). The van der Waals surface area contributed by atoms with Crippen LogP contribution in [0.1, 0.15) is 71.4 Å². The highest BCUT2D eigenvalue weighted by molar-refractivity contribution is 7.15. The lowest BCUT2D eigenvalue weighted by molar-refractivity contribution is 0.568. The minimum Gasteiger partial charge on any atom is -0.345 e. The number of hydrogen-bond donors (Lipinski definition) is 1. The first-order valence-corrected chi connectivity index (χ1v) is 9.19. The van der Waals surface area contributed by atoms with E-state index >= 15 is 0 Å². The van der Waals surface area contributed by atoms with Gasteiger partial charge in [0.15, 0.2) is 5.13 Å². The lowest BCUT2D eigenvalue weighted by Gasteiger charge is -2.28. The van der Waals surface area contributed by atoms with Crippen LogP contribution >= 0.6 is 11.3 Å². The van der Waals surface area contributed by atoms with Crippen LogP contribution in [0.15, 0.2) is 0 Å². The highest BCUT2D eigenvalue weighted by Gasteiger charge is 2.21. The van der Waals surface area contributed by atoms with Crippen molar-refractivity contribution in [1.82, 2.24) is 10.3 Å². The molecule has 0 fully saturated rings. The summed E-state index contributed by atoms with van der Waals surface area (Å²) >= 11 is 1.87. The standard InChI is InChI=1S/C17H33N3S/c1-8-14(7)16-15(10-18-9-2)21-17(19-16)20(13(5)6)11-12(3)4/h12-14,18H,8-11H2,1-7H3. The summed E-state index contributed by atoms with van der Waals surface area (Å²) in [6.07, 6.45) is 1.15. The smallest absolute Gasteiger partial charge is 0.186 e. The van der Waals surface area contributed by atoms with Gasteiger partial charge in [-0.25, -0.2) is 4.98 Å². The summed E-state index contributed by atoms with van der Waals surface area (Å²) in [5.74, 6) is 1.19. The van der Waals surface area contributed by atoms with Crippen molar-refractivity contribution in [2.24, 2.45) is 5.92 Å². The van der Waals surface area contributed by atoms with E-state index in [1.165, 1.54) is 15.7 Å². The van der Waals surface area contributed by atoms with E-state index in [0.717, 1.165) is 26.1 Å². The highest BCUT2D eigenvalue weighted by Crippen LogP contribution is 2.33. The second-order valence-electron chi connectivity index (χ2n) is 6.53. The van der Waals surface area contributed by atoms with Gasteiger partial charge in [0, 0.05) is 24.0 Å². The third-order valence-corrected chi connectivity index (χ3v) is 4.87. The Morgan fingerprint density at radius 2 is 1.81 bits per heavy atom. The molecule has 0 aliphatic carbocycles. The molecular weight excluding hydrogens is 278 g/mol. The molecule has 0 saturated heterocycles. The Kier molecular flexibility index (Phi) is 7.67. The highest BCUT2D eigenvalue weighted by atomic mass is 32.1. The molecule has 1 heterocycles. The van der Waals surface area contributed by atoms with Gasteiger partial charge < -0.3 is 10.2 Å². The van der Waals surface area contributed by atoms with Crippen molar-refractivity contribution in [3.63, 3.8) is 0 Å². The Bertz CT molecular complexity index is 412. The largest absolute Gasteiger partial charge is 0.345 e. The van der Waals surface area contributed by atoms with Gasteiger partial charge in [0.2, 0.25) is 0 Å². The van der Waals surface area contributed by atoms with Crippen molar-refractivity contribution in [2.75, 3.05) is 18.0 Å². The molecule has 0 radical (unpaired) electrons. The molecule has 1 N–H and O–H groups in total. The van der Waals surface area contributed by atoms with Crippen molar-refractivity contribution in [3.8, 4) is 0 Å². The van der Waals surface area contributed by atoms with Crippen LogP contribution in [-0.2, 0) is 6.54 Å². The summed E-state index contributed by atoms with van der Waals surface area (Å²) < 4.78 is 0. The fraction of sp³-hybridized carbons (Fsp3) is 0.824. The SMILES string of the molecule is CCNCc1sc(N(CC(C)C)C(C)C)nc1C(C)CC. The van der Waals surface area contributed by atoms with Gasteiger partial charge in [0.1, 0.15) is 0 Å². The zero-order valence-electron chi connectivity index (χ0n) is 14.9. The Balaban J connectivity index is 3.07. The third kappa shape index (κ3) is 5.26. The molecule has 0 saturated carbocycles. The number of nitrogens with zero attached hydrogens (tertiary/aromatic N) is 2. The van der Waals surface area contributed by atoms with E-state index in [1.807, 2.05) is 11.3 Å². The minimum absolute atomic E-state index is 0.496. The van der Waals surface area contributed by atoms with E-state index in [1.54, 1.807) is 0 Å². The molecule has 1 unspecified atom stereocenters. The van der Waals surface area contributed by atoms with Crippen LogP contribution in [0, 0.1) is 5.92 Å². The fourth-order valence-corrected chi connectivity index (χ4v) is 3.61. The zero-order valence-corrected chi connectivity index (χ0v) is 15.7. The second-order valence-corrected chi connectivity index (χ2v) is 7.60. The lowest BCUT2D eigenvalue weighted by Crippen LogP contribution is -2.34. The monoisotopic (exact) mass is 311 g/mol. The van der Waals surface area contributed by atoms with Gasteiger partial charge in [-0.2, -0.15) is 0 Å². The van der Waals surface area contributed by atoms with Crippen molar-refractivity contribution >= 4 is 16.5 Å². The second kappa shape index (κ2) is 8.74. The van der Waals surface area contributed by atoms with Gasteiger partial charge in [0.05, 0.1) is 5.69 Å². The normalized spacial score (nSPS) is 13.2. The molecule has 1 aromatic heterocycles. The van der Waals surface area contributed by atoms with Gasteiger partial charge in [-0.3, -0.25) is 0 Å². The first-order chi connectivity index (χ1) is 9.90. The molecule has 1 aromatic rings. The van der Waals surface area contributed by atoms with Gasteiger partial charge in [-0.15, -0.1) is 11.3 Å². The summed E-state index contributed by atoms with van der Waals surface area (Å²) in [7, 11) is 0. The summed E-state index contributed by atoms with van der Waals surface area (Å²) in [6, 6.07) is 0.496. The maximum atomic E-state index is 5.01. The van der Waals surface area contributed by atoms with Crippen LogP contribution in [0.2, 0.25) is 0 Å². The number of hydrogen-bond acceptors (Lipinski definition) is 4. The molecule has 0 aliphatic rings. The quantitative estimate of drug-likeness (QED) is 0.720. The molecule has 0 spiro atoms. The Morgan fingerprint density at radius 3 is 2.29 bits per heavy atom. The fourth-order valence-electron chi connectivity index (χ4n) is 2.32. The molecular formula is C17H33N3S. The predicted octanol–water partition coefficient (Wildman–Crippen LogP) is 4.64. The molecule has 0 amide bonds. The molecule has 3 nitrogen and oxygen atoms in total. The van der Waals surface area contributed by atoms with Crippen molar-refractivity contribution in [1.29, 1.82) is 0 Å². The van der Waals surface area contributed by atoms with Gasteiger partial charge in [0.25, 0.3) is 0 Å². The number of anilines is 1. The Hall–Kier alpha value is -0.610. The molecule has 122 valence electrons. The first kappa shape index (κ1) is 18.4. The van der Waals surface area contributed by atoms with E-state index < -0.39 is 0 Å². The summed E-state index contributed by atoms with van der Waals surface area (Å²) in [5, 5.41) is 4.65. The van der Waals surface area contributed by atoms with Crippen LogP contribution < -0.4 is 10.2 Å². The molecule has 0 aliphatic heterocycles. The number of rotatable bonds is 9.